The Bertz CT molecular complexity index is 997. The number of halogens is 2. The fourth-order valence-electron chi connectivity index (χ4n) is 2.82. The quantitative estimate of drug-likeness (QED) is 0.326. The minimum atomic E-state index is -0.448. The summed E-state index contributed by atoms with van der Waals surface area (Å²) in [6.45, 7) is 2.40. The molecule has 0 spiro atoms. The molecule has 9 heteroatoms. The summed E-state index contributed by atoms with van der Waals surface area (Å²) in [6.07, 6.45) is 0. The van der Waals surface area contributed by atoms with E-state index in [1.54, 1.807) is 49.6 Å². The first-order valence-corrected chi connectivity index (χ1v) is 10.6. The number of hydrogen-bond donors (Lipinski definition) is 0. The fraction of sp³-hybridized carbons (Fsp3) is 0.286. The van der Waals surface area contributed by atoms with E-state index in [1.165, 1.54) is 17.8 Å². The number of carbonyl (C=O) groups excluding carboxylic acids is 1. The van der Waals surface area contributed by atoms with Crippen LogP contribution in [-0.2, 0) is 11.3 Å². The van der Waals surface area contributed by atoms with Gasteiger partial charge in [-0.05, 0) is 43.3 Å². The van der Waals surface area contributed by atoms with E-state index in [4.69, 9.17) is 21.1 Å². The highest BCUT2D eigenvalue weighted by atomic mass is 35.5. The number of Topliss-reactive ketones (excluding diaryl/α,β-unsaturated/α-hetero) is 1. The van der Waals surface area contributed by atoms with Gasteiger partial charge in [0, 0.05) is 17.7 Å². The number of thioether (sulfide) groups is 1. The lowest BCUT2D eigenvalue weighted by Gasteiger charge is -2.17. The van der Waals surface area contributed by atoms with E-state index in [1.807, 2.05) is 11.5 Å². The minimum Gasteiger partial charge on any atom is -0.483 e. The highest BCUT2D eigenvalue weighted by Gasteiger charge is 2.20. The molecule has 2 aromatic carbocycles. The molecule has 0 aliphatic rings. The average molecular weight is 450 g/mol. The molecule has 0 saturated carbocycles. The second-order valence-electron chi connectivity index (χ2n) is 6.51. The van der Waals surface area contributed by atoms with Gasteiger partial charge in [0.1, 0.15) is 6.61 Å². The number of nitrogens with zero attached hydrogens (tertiary/aromatic N) is 3. The molecule has 3 rings (SSSR count). The van der Waals surface area contributed by atoms with Crippen molar-refractivity contribution in [3.8, 4) is 5.75 Å². The molecule has 158 valence electrons. The fourth-order valence-corrected chi connectivity index (χ4v) is 3.89. The molecule has 6 nitrogen and oxygen atoms in total. The van der Waals surface area contributed by atoms with Gasteiger partial charge in [-0.15, -0.1) is 10.2 Å². The Morgan fingerprint density at radius 1 is 1.20 bits per heavy atom. The van der Waals surface area contributed by atoms with Gasteiger partial charge in [-0.25, -0.2) is 4.39 Å². The molecular formula is C21H21ClFN3O3S. The van der Waals surface area contributed by atoms with Crippen molar-refractivity contribution in [1.82, 2.24) is 14.8 Å². The van der Waals surface area contributed by atoms with Crippen molar-refractivity contribution in [1.29, 1.82) is 0 Å². The predicted octanol–water partition coefficient (Wildman–Crippen LogP) is 4.83. The van der Waals surface area contributed by atoms with Gasteiger partial charge in [0.2, 0.25) is 0 Å². The molecular weight excluding hydrogens is 429 g/mol. The molecule has 0 N–H and O–H groups in total. The zero-order valence-corrected chi connectivity index (χ0v) is 18.1. The molecule has 0 unspecified atom stereocenters. The van der Waals surface area contributed by atoms with Gasteiger partial charge < -0.3 is 9.47 Å². The molecule has 0 radical (unpaired) electrons. The maximum atomic E-state index is 13.8. The van der Waals surface area contributed by atoms with E-state index in [9.17, 15) is 9.18 Å². The van der Waals surface area contributed by atoms with E-state index in [2.05, 4.69) is 10.2 Å². The maximum Gasteiger partial charge on any atom is 0.192 e. The summed E-state index contributed by atoms with van der Waals surface area (Å²) < 4.78 is 26.5. The molecule has 1 heterocycles. The van der Waals surface area contributed by atoms with Crippen LogP contribution in [0.1, 0.15) is 29.1 Å². The van der Waals surface area contributed by atoms with Gasteiger partial charge in [0.15, 0.2) is 28.3 Å². The number of benzene rings is 2. The highest BCUT2D eigenvalue weighted by Crippen LogP contribution is 2.25. The molecule has 0 aliphatic carbocycles. The van der Waals surface area contributed by atoms with Crippen LogP contribution in [0.2, 0.25) is 5.02 Å². The van der Waals surface area contributed by atoms with Crippen LogP contribution >= 0.6 is 23.4 Å². The van der Waals surface area contributed by atoms with Crippen molar-refractivity contribution >= 4 is 29.1 Å². The monoisotopic (exact) mass is 449 g/mol. The van der Waals surface area contributed by atoms with Gasteiger partial charge in [0.25, 0.3) is 0 Å². The second-order valence-corrected chi connectivity index (χ2v) is 7.89. The average Bonchev–Trinajstić information content (AvgIpc) is 3.15. The summed E-state index contributed by atoms with van der Waals surface area (Å²) in [5.41, 5.74) is 0.575. The Kier molecular flexibility index (Phi) is 7.84. The third kappa shape index (κ3) is 5.59. The first kappa shape index (κ1) is 22.3. The van der Waals surface area contributed by atoms with Gasteiger partial charge in [-0.2, -0.15) is 0 Å². The van der Waals surface area contributed by atoms with Crippen molar-refractivity contribution in [3.05, 3.63) is 70.8 Å². The predicted molar refractivity (Wildman–Crippen MR) is 114 cm³/mol. The van der Waals surface area contributed by atoms with Crippen LogP contribution < -0.4 is 4.74 Å². The summed E-state index contributed by atoms with van der Waals surface area (Å²) in [4.78, 5) is 12.5. The molecule has 0 fully saturated rings. The topological polar surface area (TPSA) is 66.2 Å². The lowest BCUT2D eigenvalue weighted by Crippen LogP contribution is -2.17. The molecule has 1 aromatic heterocycles. The van der Waals surface area contributed by atoms with Gasteiger partial charge in [-0.3, -0.25) is 9.36 Å². The molecule has 30 heavy (non-hydrogen) atoms. The number of methoxy groups -OCH3 is 1. The zero-order chi connectivity index (χ0) is 21.5. The van der Waals surface area contributed by atoms with E-state index in [0.717, 1.165) is 0 Å². The number of rotatable bonds is 10. The van der Waals surface area contributed by atoms with Crippen LogP contribution in [0.4, 0.5) is 4.39 Å². The van der Waals surface area contributed by atoms with Crippen molar-refractivity contribution < 1.29 is 18.7 Å². The van der Waals surface area contributed by atoms with Crippen molar-refractivity contribution in [2.45, 2.75) is 24.7 Å². The summed E-state index contributed by atoms with van der Waals surface area (Å²) in [7, 11) is 1.60. The first-order valence-electron chi connectivity index (χ1n) is 9.21. The first-order chi connectivity index (χ1) is 14.5. The van der Waals surface area contributed by atoms with Crippen molar-refractivity contribution in [2.24, 2.45) is 0 Å². The van der Waals surface area contributed by atoms with Gasteiger partial charge in [-0.1, -0.05) is 35.5 Å². The second kappa shape index (κ2) is 10.6. The molecule has 1 atom stereocenters. The lowest BCUT2D eigenvalue weighted by atomic mass is 10.1. The Hall–Kier alpha value is -2.42. The third-order valence-electron chi connectivity index (χ3n) is 4.28. The number of ether oxygens (including phenoxy) is 2. The van der Waals surface area contributed by atoms with Crippen molar-refractivity contribution in [3.63, 3.8) is 0 Å². The molecule has 0 amide bonds. The summed E-state index contributed by atoms with van der Waals surface area (Å²) >= 11 is 7.15. The normalized spacial score (nSPS) is 12.0. The van der Waals surface area contributed by atoms with E-state index >= 15 is 0 Å². The largest absolute Gasteiger partial charge is 0.483 e. The molecule has 3 aromatic rings. The van der Waals surface area contributed by atoms with Crippen LogP contribution in [0.3, 0.4) is 0 Å². The highest BCUT2D eigenvalue weighted by molar-refractivity contribution is 7.99. The van der Waals surface area contributed by atoms with Crippen molar-refractivity contribution in [2.75, 3.05) is 19.5 Å². The molecule has 0 bridgehead atoms. The number of para-hydroxylation sites is 1. The Labute approximate surface area is 183 Å². The lowest BCUT2D eigenvalue weighted by molar-refractivity contribution is 0.102. The van der Waals surface area contributed by atoms with Gasteiger partial charge in [0.05, 0.1) is 18.4 Å². The van der Waals surface area contributed by atoms with E-state index < -0.39 is 5.82 Å². The summed E-state index contributed by atoms with van der Waals surface area (Å²) in [6, 6.07) is 12.8. The van der Waals surface area contributed by atoms with Crippen LogP contribution in [0.5, 0.6) is 5.75 Å². The van der Waals surface area contributed by atoms with Crippen LogP contribution in [0.25, 0.3) is 0 Å². The molecule has 0 saturated heterocycles. The van der Waals surface area contributed by atoms with Gasteiger partial charge >= 0.3 is 0 Å². The third-order valence-corrected chi connectivity index (χ3v) is 5.47. The van der Waals surface area contributed by atoms with Crippen LogP contribution in [0.15, 0.2) is 53.7 Å². The number of ketones is 1. The van der Waals surface area contributed by atoms with E-state index in [-0.39, 0.29) is 29.9 Å². The number of aromatic nitrogens is 3. The zero-order valence-electron chi connectivity index (χ0n) is 16.5. The van der Waals surface area contributed by atoms with Crippen LogP contribution in [-0.4, -0.2) is 40.0 Å². The van der Waals surface area contributed by atoms with Crippen LogP contribution in [0, 0.1) is 5.82 Å². The number of carbonyl (C=O) groups is 1. The number of hydrogen-bond acceptors (Lipinski definition) is 6. The SMILES string of the molecule is COC[C@@H](C)n1c(COc2ccccc2F)nnc1SCC(=O)c1ccc(Cl)cc1. The standard InChI is InChI=1S/C21H21ClFN3O3S/c1-14(11-28-2)26-20(12-29-19-6-4-3-5-17(19)23)24-25-21(26)30-13-18(27)15-7-9-16(22)10-8-15/h3-10,14H,11-13H2,1-2H3/t14-/m1/s1. The summed E-state index contributed by atoms with van der Waals surface area (Å²) in [5.74, 6) is 0.349. The maximum absolute atomic E-state index is 13.8. The molecule has 0 aliphatic heterocycles. The Morgan fingerprint density at radius 2 is 1.93 bits per heavy atom. The van der Waals surface area contributed by atoms with E-state index in [0.29, 0.717) is 28.2 Å². The smallest absolute Gasteiger partial charge is 0.192 e. The Morgan fingerprint density at radius 3 is 2.63 bits per heavy atom. The minimum absolute atomic E-state index is 0.0354. The Balaban J connectivity index is 1.74. The summed E-state index contributed by atoms with van der Waals surface area (Å²) in [5, 5.41) is 9.53.